The topological polar surface area (TPSA) is 23.6 Å². The number of alkyl halides is 3. The molecule has 2 rings (SSSR count). The second kappa shape index (κ2) is 4.40. The van der Waals surface area contributed by atoms with Gasteiger partial charge in [-0.3, -0.25) is 4.79 Å². The van der Waals surface area contributed by atoms with Gasteiger partial charge in [0.1, 0.15) is 0 Å². The van der Waals surface area contributed by atoms with E-state index in [4.69, 9.17) is 0 Å². The van der Waals surface area contributed by atoms with E-state index in [0.717, 1.165) is 0 Å². The fourth-order valence-electron chi connectivity index (χ4n) is 3.25. The molecule has 1 spiro atoms. The van der Waals surface area contributed by atoms with Gasteiger partial charge in [-0.25, -0.2) is 0 Å². The largest absolute Gasteiger partial charge is 0.392 e. The van der Waals surface area contributed by atoms with Crippen LogP contribution < -0.4 is 0 Å². The van der Waals surface area contributed by atoms with Gasteiger partial charge < -0.3 is 9.80 Å². The van der Waals surface area contributed by atoms with Crippen LogP contribution >= 0.6 is 0 Å². The Bertz CT molecular complexity index is 335. The molecule has 0 N–H and O–H groups in total. The maximum Gasteiger partial charge on any atom is 0.392 e. The number of rotatable bonds is 0. The summed E-state index contributed by atoms with van der Waals surface area (Å²) in [4.78, 5) is 15.1. The first-order chi connectivity index (χ1) is 8.24. The number of amides is 1. The zero-order valence-electron chi connectivity index (χ0n) is 10.8. The normalized spacial score (nSPS) is 29.9. The first-order valence-electron chi connectivity index (χ1n) is 6.24. The molecule has 104 valence electrons. The molecule has 0 aromatic heterocycles. The van der Waals surface area contributed by atoms with Gasteiger partial charge in [-0.15, -0.1) is 0 Å². The van der Waals surface area contributed by atoms with Crippen molar-refractivity contribution in [1.82, 2.24) is 9.80 Å². The molecule has 0 aliphatic carbocycles. The number of likely N-dealkylation sites (tertiary alicyclic amines) is 2. The van der Waals surface area contributed by atoms with E-state index in [0.29, 0.717) is 25.9 Å². The van der Waals surface area contributed by atoms with Crippen LogP contribution in [0.1, 0.15) is 19.3 Å². The molecule has 1 atom stereocenters. The van der Waals surface area contributed by atoms with Gasteiger partial charge in [0.05, 0.1) is 5.92 Å². The highest BCUT2D eigenvalue weighted by atomic mass is 19.4. The molecule has 3 nitrogen and oxygen atoms in total. The van der Waals surface area contributed by atoms with Crippen LogP contribution in [0.25, 0.3) is 0 Å². The van der Waals surface area contributed by atoms with Crippen LogP contribution in [0.15, 0.2) is 0 Å². The third-order valence-electron chi connectivity index (χ3n) is 4.47. The van der Waals surface area contributed by atoms with Crippen LogP contribution in [0.3, 0.4) is 0 Å². The highest BCUT2D eigenvalue weighted by molar-refractivity contribution is 5.77. The number of carbonyl (C=O) groups is 1. The zero-order chi connectivity index (χ0) is 13.6. The molecule has 2 fully saturated rings. The summed E-state index contributed by atoms with van der Waals surface area (Å²) in [6, 6.07) is 0. The Morgan fingerprint density at radius 2 is 1.78 bits per heavy atom. The quantitative estimate of drug-likeness (QED) is 0.665. The van der Waals surface area contributed by atoms with Crippen molar-refractivity contribution in [1.29, 1.82) is 0 Å². The van der Waals surface area contributed by atoms with E-state index in [-0.39, 0.29) is 18.9 Å². The van der Waals surface area contributed by atoms with E-state index >= 15 is 0 Å². The maximum atomic E-state index is 13.2. The third kappa shape index (κ3) is 2.35. The molecule has 0 unspecified atom stereocenters. The highest BCUT2D eigenvalue weighted by Crippen LogP contribution is 2.50. The van der Waals surface area contributed by atoms with Gasteiger partial charge in [0.15, 0.2) is 0 Å². The van der Waals surface area contributed by atoms with Gasteiger partial charge in [-0.05, 0) is 33.0 Å². The number of halogens is 3. The Morgan fingerprint density at radius 3 is 2.28 bits per heavy atom. The molecule has 18 heavy (non-hydrogen) atoms. The average Bonchev–Trinajstić information content (AvgIpc) is 2.26. The van der Waals surface area contributed by atoms with Crippen molar-refractivity contribution >= 4 is 5.91 Å². The molecular formula is C12H19F3N2O. The molecule has 0 aromatic rings. The Hall–Kier alpha value is -0.780. The number of carbonyl (C=O) groups excluding carboxylic acids is 1. The van der Waals surface area contributed by atoms with Crippen molar-refractivity contribution in [2.24, 2.45) is 11.3 Å². The first kappa shape index (κ1) is 13.6. The third-order valence-corrected chi connectivity index (χ3v) is 4.47. The van der Waals surface area contributed by atoms with Crippen molar-refractivity contribution in [2.75, 3.05) is 33.7 Å². The fraction of sp³-hybridized carbons (Fsp3) is 0.917. The van der Waals surface area contributed by atoms with E-state index < -0.39 is 17.5 Å². The SMILES string of the molecule is CN1CCC2(CC1)CN(C)C(=O)C[C@@H]2C(F)(F)F. The highest BCUT2D eigenvalue weighted by Gasteiger charge is 2.57. The van der Waals surface area contributed by atoms with Crippen molar-refractivity contribution in [2.45, 2.75) is 25.4 Å². The maximum absolute atomic E-state index is 13.2. The van der Waals surface area contributed by atoms with E-state index in [1.807, 2.05) is 7.05 Å². The van der Waals surface area contributed by atoms with Gasteiger partial charge in [0, 0.05) is 25.4 Å². The predicted molar refractivity (Wildman–Crippen MR) is 61.0 cm³/mol. The molecule has 2 heterocycles. The molecule has 2 aliphatic heterocycles. The molecule has 1 amide bonds. The van der Waals surface area contributed by atoms with Crippen LogP contribution in [0.4, 0.5) is 13.2 Å². The average molecular weight is 264 g/mol. The number of hydrogen-bond donors (Lipinski definition) is 0. The van der Waals surface area contributed by atoms with Crippen LogP contribution in [-0.2, 0) is 4.79 Å². The van der Waals surface area contributed by atoms with Gasteiger partial charge in [-0.2, -0.15) is 13.2 Å². The zero-order valence-corrected chi connectivity index (χ0v) is 10.8. The monoisotopic (exact) mass is 264 g/mol. The minimum atomic E-state index is -4.27. The van der Waals surface area contributed by atoms with E-state index in [2.05, 4.69) is 4.90 Å². The minimum absolute atomic E-state index is 0.240. The van der Waals surface area contributed by atoms with Crippen LogP contribution in [0, 0.1) is 11.3 Å². The number of piperidine rings is 2. The molecule has 0 radical (unpaired) electrons. The van der Waals surface area contributed by atoms with Gasteiger partial charge in [0.25, 0.3) is 0 Å². The summed E-state index contributed by atoms with van der Waals surface area (Å²) >= 11 is 0. The number of hydrogen-bond acceptors (Lipinski definition) is 2. The van der Waals surface area contributed by atoms with Crippen molar-refractivity contribution in [3.05, 3.63) is 0 Å². The Labute approximate surface area is 105 Å². The second-order valence-corrected chi connectivity index (χ2v) is 5.71. The van der Waals surface area contributed by atoms with E-state index in [1.54, 1.807) is 7.05 Å². The molecule has 2 aliphatic rings. The summed E-state index contributed by atoms with van der Waals surface area (Å²) < 4.78 is 39.6. The standard InChI is InChI=1S/C12H19F3N2O/c1-16-5-3-11(4-6-16)8-17(2)10(18)7-9(11)12(13,14)15/h9H,3-8H2,1-2H3/t9-/m0/s1. The Balaban J connectivity index is 2.26. The predicted octanol–water partition coefficient (Wildman–Crippen LogP) is 1.74. The lowest BCUT2D eigenvalue weighted by atomic mass is 9.64. The molecular weight excluding hydrogens is 245 g/mol. The van der Waals surface area contributed by atoms with Crippen molar-refractivity contribution in [3.63, 3.8) is 0 Å². The van der Waals surface area contributed by atoms with Crippen LogP contribution in [-0.4, -0.2) is 55.6 Å². The lowest BCUT2D eigenvalue weighted by Crippen LogP contribution is -2.57. The summed E-state index contributed by atoms with van der Waals surface area (Å²) in [5.41, 5.74) is -0.770. The molecule has 6 heteroatoms. The molecule has 2 saturated heterocycles. The van der Waals surface area contributed by atoms with Gasteiger partial charge in [0.2, 0.25) is 5.91 Å². The first-order valence-corrected chi connectivity index (χ1v) is 6.24. The molecule has 0 saturated carbocycles. The summed E-state index contributed by atoms with van der Waals surface area (Å²) in [6.07, 6.45) is -3.62. The van der Waals surface area contributed by atoms with Gasteiger partial charge >= 0.3 is 6.18 Å². The van der Waals surface area contributed by atoms with Crippen molar-refractivity contribution in [3.8, 4) is 0 Å². The second-order valence-electron chi connectivity index (χ2n) is 5.71. The smallest absolute Gasteiger partial charge is 0.345 e. The van der Waals surface area contributed by atoms with Crippen LogP contribution in [0.5, 0.6) is 0 Å². The Kier molecular flexibility index (Phi) is 3.34. The minimum Gasteiger partial charge on any atom is -0.345 e. The van der Waals surface area contributed by atoms with Gasteiger partial charge in [-0.1, -0.05) is 0 Å². The Morgan fingerprint density at radius 1 is 1.22 bits per heavy atom. The van der Waals surface area contributed by atoms with Crippen molar-refractivity contribution < 1.29 is 18.0 Å². The summed E-state index contributed by atoms with van der Waals surface area (Å²) in [6.45, 7) is 1.59. The number of nitrogens with zero attached hydrogens (tertiary/aromatic N) is 2. The van der Waals surface area contributed by atoms with E-state index in [9.17, 15) is 18.0 Å². The lowest BCUT2D eigenvalue weighted by molar-refractivity contribution is -0.228. The lowest BCUT2D eigenvalue weighted by Gasteiger charge is -2.51. The summed E-state index contributed by atoms with van der Waals surface area (Å²) in [7, 11) is 3.53. The summed E-state index contributed by atoms with van der Waals surface area (Å²) in [5, 5.41) is 0. The fourth-order valence-corrected chi connectivity index (χ4v) is 3.25. The van der Waals surface area contributed by atoms with Crippen LogP contribution in [0.2, 0.25) is 0 Å². The van der Waals surface area contributed by atoms with E-state index in [1.165, 1.54) is 4.90 Å². The molecule has 0 aromatic carbocycles. The summed E-state index contributed by atoms with van der Waals surface area (Å²) in [5.74, 6) is -1.86. The molecule has 0 bridgehead atoms.